The summed E-state index contributed by atoms with van der Waals surface area (Å²) in [5, 5.41) is 25.4. The van der Waals surface area contributed by atoms with Crippen LogP contribution in [-0.2, 0) is 43.9 Å². The van der Waals surface area contributed by atoms with Gasteiger partial charge in [-0.25, -0.2) is 8.42 Å². The van der Waals surface area contributed by atoms with Crippen molar-refractivity contribution >= 4 is 27.7 Å². The lowest BCUT2D eigenvalue weighted by Gasteiger charge is -2.41. The molecule has 0 bridgehead atoms. The fourth-order valence-corrected chi connectivity index (χ4v) is 8.39. The van der Waals surface area contributed by atoms with Crippen LogP contribution in [-0.4, -0.2) is 37.3 Å². The zero-order valence-electron chi connectivity index (χ0n) is 29.5. The van der Waals surface area contributed by atoms with Gasteiger partial charge in [-0.05, 0) is 53.8 Å². The van der Waals surface area contributed by atoms with Gasteiger partial charge in [-0.15, -0.1) is 0 Å². The molecule has 12 heteroatoms. The maximum atomic E-state index is 13.5. The zero-order valence-corrected chi connectivity index (χ0v) is 31.1. The predicted molar refractivity (Wildman–Crippen MR) is 203 cm³/mol. The Morgan fingerprint density at radius 2 is 1.51 bits per heavy atom. The zero-order chi connectivity index (χ0) is 37.4. The van der Waals surface area contributed by atoms with E-state index in [9.17, 15) is 23.5 Å². The number of thioether (sulfide) groups is 1. The first-order valence-electron chi connectivity index (χ1n) is 17.4. The van der Waals surface area contributed by atoms with Gasteiger partial charge in [0.05, 0.1) is 23.7 Å². The Morgan fingerprint density at radius 1 is 0.849 bits per heavy atom. The number of aliphatic hydroxyl groups is 1. The van der Waals surface area contributed by atoms with Crippen LogP contribution >= 0.6 is 11.8 Å². The summed E-state index contributed by atoms with van der Waals surface area (Å²) in [6, 6.07) is 35.2. The Hall–Kier alpha value is -4.56. The summed E-state index contributed by atoms with van der Waals surface area (Å²) in [7, 11) is -3.97. The van der Waals surface area contributed by atoms with Gasteiger partial charge in [0.2, 0.25) is 15.9 Å². The highest BCUT2D eigenvalue weighted by atomic mass is 32.2. The number of hydrogen-bond acceptors (Lipinski definition) is 8. The summed E-state index contributed by atoms with van der Waals surface area (Å²) in [6.07, 6.45) is 0.373. The maximum absolute atomic E-state index is 13.5. The molecule has 2 heterocycles. The molecule has 0 saturated carbocycles. The van der Waals surface area contributed by atoms with Crippen LogP contribution in [0.25, 0.3) is 0 Å². The summed E-state index contributed by atoms with van der Waals surface area (Å²) in [5.74, 6) is 0.0273. The van der Waals surface area contributed by atoms with E-state index in [2.05, 4.69) is 17.0 Å². The molecule has 276 valence electrons. The van der Waals surface area contributed by atoms with Crippen LogP contribution < -0.4 is 14.8 Å². The van der Waals surface area contributed by atoms with E-state index < -0.39 is 28.3 Å². The van der Waals surface area contributed by atoms with Gasteiger partial charge in [0, 0.05) is 35.9 Å². The molecule has 0 spiro atoms. The highest BCUT2D eigenvalue weighted by Gasteiger charge is 2.38. The predicted octanol–water partition coefficient (Wildman–Crippen LogP) is 5.91. The van der Waals surface area contributed by atoms with Gasteiger partial charge >= 0.3 is 0 Å². The van der Waals surface area contributed by atoms with Crippen LogP contribution in [0.4, 0.5) is 0 Å². The topological polar surface area (TPSA) is 141 Å². The van der Waals surface area contributed by atoms with Crippen molar-refractivity contribution in [3.8, 4) is 0 Å². The van der Waals surface area contributed by atoms with Crippen LogP contribution in [0.1, 0.15) is 52.7 Å². The van der Waals surface area contributed by atoms with Gasteiger partial charge in [0.15, 0.2) is 12.5 Å². The van der Waals surface area contributed by atoms with Crippen LogP contribution in [0.5, 0.6) is 0 Å². The number of aliphatic hydroxyl groups excluding tert-OH is 1. The average molecular weight is 754 g/mol. The van der Waals surface area contributed by atoms with Crippen molar-refractivity contribution in [3.05, 3.63) is 166 Å². The molecule has 5 atom stereocenters. The first kappa shape index (κ1) is 38.2. The molecule has 1 fully saturated rings. The number of carbonyl (C=O) groups is 1. The van der Waals surface area contributed by atoms with Crippen molar-refractivity contribution in [2.75, 3.05) is 5.75 Å². The van der Waals surface area contributed by atoms with Gasteiger partial charge in [-0.3, -0.25) is 4.79 Å². The molecule has 4 aromatic carbocycles. The van der Waals surface area contributed by atoms with E-state index in [0.29, 0.717) is 10.8 Å². The highest BCUT2D eigenvalue weighted by molar-refractivity contribution is 7.99. The van der Waals surface area contributed by atoms with Crippen LogP contribution in [0, 0.1) is 18.0 Å². The molecular weight excluding hydrogens is 711 g/mol. The van der Waals surface area contributed by atoms with Gasteiger partial charge in [-0.2, -0.15) is 9.45 Å². The molecule has 53 heavy (non-hydrogen) atoms. The third kappa shape index (κ3) is 9.91. The molecular formula is C41H43N3O7S2. The second-order valence-electron chi connectivity index (χ2n) is 13.1. The summed E-state index contributed by atoms with van der Waals surface area (Å²) in [6.45, 7) is 4.06. The molecule has 3 N–H and O–H groups in total. The van der Waals surface area contributed by atoms with Crippen LogP contribution in [0.2, 0.25) is 0 Å². The maximum Gasteiger partial charge on any atom is 0.251 e. The summed E-state index contributed by atoms with van der Waals surface area (Å²) < 4.78 is 43.1. The number of pyridine rings is 1. The number of sulfonamides is 1. The minimum absolute atomic E-state index is 0.0516. The molecule has 1 saturated heterocycles. The molecule has 0 aliphatic carbocycles. The van der Waals surface area contributed by atoms with Gasteiger partial charge < -0.3 is 25.1 Å². The monoisotopic (exact) mass is 753 g/mol. The number of ether oxygens (including phenoxy) is 2. The van der Waals surface area contributed by atoms with E-state index in [1.54, 1.807) is 24.3 Å². The lowest BCUT2D eigenvalue weighted by atomic mass is 9.91. The normalized spacial score (nSPS) is 19.4. The van der Waals surface area contributed by atoms with E-state index in [1.165, 1.54) is 30.1 Å². The van der Waals surface area contributed by atoms with Crippen molar-refractivity contribution in [1.29, 1.82) is 0 Å². The standard InChI is InChI=1S/C41H43N3O7S2/c1-28-11-21-35(22-12-28)53(48,49)43-36(24-30-8-4-3-5-9-30)40(46)42-25-31-13-19-34(20-14-31)41-50-37(27-52-38-10-6-7-23-44(38)47)29(2)39(51-41)33-17-15-32(26-45)16-18-33/h3-23,29,36-37,39,41,43,45H,24-27H2,1-2H3,(H,42,46)/t29-,36+,37+,39+,41+/m0/s1. The largest absolute Gasteiger partial charge is 0.618 e. The average Bonchev–Trinajstić information content (AvgIpc) is 3.17. The minimum Gasteiger partial charge on any atom is -0.618 e. The summed E-state index contributed by atoms with van der Waals surface area (Å²) >= 11 is 1.43. The number of carbonyl (C=O) groups excluding carboxylic acids is 1. The minimum atomic E-state index is -3.97. The van der Waals surface area contributed by atoms with E-state index in [0.717, 1.165) is 38.1 Å². The van der Waals surface area contributed by atoms with E-state index in [-0.39, 0.29) is 42.6 Å². The fourth-order valence-electron chi connectivity index (χ4n) is 6.12. The van der Waals surface area contributed by atoms with Crippen LogP contribution in [0.15, 0.2) is 137 Å². The molecule has 1 amide bonds. The molecule has 1 aliphatic rings. The fraction of sp³-hybridized carbons (Fsp3) is 0.268. The van der Waals surface area contributed by atoms with E-state index >= 15 is 0 Å². The van der Waals surface area contributed by atoms with Crippen molar-refractivity contribution in [1.82, 2.24) is 10.0 Å². The Bertz CT molecular complexity index is 2060. The molecule has 0 radical (unpaired) electrons. The highest BCUT2D eigenvalue weighted by Crippen LogP contribution is 2.42. The van der Waals surface area contributed by atoms with Gasteiger partial charge in [0.1, 0.15) is 6.04 Å². The van der Waals surface area contributed by atoms with Crippen molar-refractivity contribution < 1.29 is 32.5 Å². The first-order chi connectivity index (χ1) is 25.6. The number of nitrogens with zero attached hydrogens (tertiary/aromatic N) is 1. The Balaban J connectivity index is 1.15. The Kier molecular flexibility index (Phi) is 12.6. The van der Waals surface area contributed by atoms with Gasteiger partial charge in [0.25, 0.3) is 5.03 Å². The van der Waals surface area contributed by atoms with Crippen molar-refractivity contribution in [3.63, 3.8) is 0 Å². The smallest absolute Gasteiger partial charge is 0.251 e. The molecule has 5 aromatic rings. The first-order valence-corrected chi connectivity index (χ1v) is 19.9. The summed E-state index contributed by atoms with van der Waals surface area (Å²) in [4.78, 5) is 13.6. The van der Waals surface area contributed by atoms with Crippen molar-refractivity contribution in [2.45, 2.75) is 67.9 Å². The van der Waals surface area contributed by atoms with E-state index in [1.807, 2.05) is 91.9 Å². The third-order valence-electron chi connectivity index (χ3n) is 9.25. The number of nitrogens with one attached hydrogen (secondary N) is 2. The molecule has 1 aliphatic heterocycles. The molecule has 1 aromatic heterocycles. The number of rotatable bonds is 14. The molecule has 6 rings (SSSR count). The van der Waals surface area contributed by atoms with Gasteiger partial charge in [-0.1, -0.05) is 115 Å². The lowest BCUT2D eigenvalue weighted by Crippen LogP contribution is -2.47. The summed E-state index contributed by atoms with van der Waals surface area (Å²) in [5.41, 5.74) is 5.10. The SMILES string of the molecule is Cc1ccc(S(=O)(=O)N[C@H](Cc2ccccc2)C(=O)NCc2ccc([C@@H]3O[C@H](CSc4cccc[n+]4[O-])[C@H](C)[C@H](c4ccc(CO)cc4)O3)cc2)cc1. The second-order valence-corrected chi connectivity index (χ2v) is 15.9. The Labute approximate surface area is 314 Å². The second kappa shape index (κ2) is 17.5. The Morgan fingerprint density at radius 3 is 2.19 bits per heavy atom. The number of benzene rings is 4. The van der Waals surface area contributed by atoms with E-state index in [4.69, 9.17) is 9.47 Å². The third-order valence-corrected chi connectivity index (χ3v) is 11.8. The number of aryl methyl sites for hydroxylation is 1. The van der Waals surface area contributed by atoms with Crippen LogP contribution in [0.3, 0.4) is 0 Å². The number of aromatic nitrogens is 1. The lowest BCUT2D eigenvalue weighted by molar-refractivity contribution is -0.645. The number of amides is 1. The molecule has 0 unspecified atom stereocenters. The van der Waals surface area contributed by atoms with Crippen molar-refractivity contribution in [2.24, 2.45) is 5.92 Å². The quantitative estimate of drug-likeness (QED) is 0.0723. The number of hydrogen-bond donors (Lipinski definition) is 3. The molecule has 10 nitrogen and oxygen atoms in total.